The normalized spacial score (nSPS) is 9.71. The van der Waals surface area contributed by atoms with Gasteiger partial charge in [0.1, 0.15) is 5.75 Å². The molecule has 0 aliphatic carbocycles. The molecule has 4 heteroatoms. The topological polar surface area (TPSA) is 29.5 Å². The lowest BCUT2D eigenvalue weighted by Gasteiger charge is -2.13. The van der Waals surface area contributed by atoms with Gasteiger partial charge in [-0.3, -0.25) is 4.79 Å². The molecular weight excluding hydrogens is 202 g/mol. The average molecular weight is 214 g/mol. The van der Waals surface area contributed by atoms with Gasteiger partial charge in [-0.2, -0.15) is 0 Å². The Morgan fingerprint density at radius 2 is 2.07 bits per heavy atom. The van der Waals surface area contributed by atoms with Crippen LogP contribution in [0.15, 0.2) is 18.2 Å². The van der Waals surface area contributed by atoms with Crippen LogP contribution in [0.2, 0.25) is 5.02 Å². The summed E-state index contributed by atoms with van der Waals surface area (Å²) in [5, 5.41) is 0.524. The Hall–Kier alpha value is -1.22. The third-order valence-electron chi connectivity index (χ3n) is 1.80. The number of ether oxygens (including phenoxy) is 1. The molecule has 0 atom stereocenters. The molecule has 1 amide bonds. The first kappa shape index (κ1) is 10.9. The number of carbonyl (C=O) groups excluding carboxylic acids is 1. The molecule has 14 heavy (non-hydrogen) atoms. The Morgan fingerprint density at radius 1 is 1.43 bits per heavy atom. The molecule has 1 aromatic rings. The van der Waals surface area contributed by atoms with Crippen molar-refractivity contribution in [2.24, 2.45) is 0 Å². The van der Waals surface area contributed by atoms with Gasteiger partial charge < -0.3 is 9.64 Å². The Morgan fingerprint density at radius 3 is 2.57 bits per heavy atom. The van der Waals surface area contributed by atoms with Crippen molar-refractivity contribution >= 4 is 17.5 Å². The van der Waals surface area contributed by atoms with E-state index in [0.29, 0.717) is 16.3 Å². The predicted octanol–water partition coefficient (Wildman–Crippen LogP) is 2.05. The van der Waals surface area contributed by atoms with Crippen LogP contribution in [-0.4, -0.2) is 32.0 Å². The van der Waals surface area contributed by atoms with Gasteiger partial charge in [0.05, 0.1) is 12.7 Å². The Balaban J connectivity index is 3.17. The van der Waals surface area contributed by atoms with Crippen LogP contribution in [0.25, 0.3) is 0 Å². The minimum Gasteiger partial charge on any atom is -0.496 e. The number of nitrogens with zero attached hydrogens (tertiary/aromatic N) is 1. The van der Waals surface area contributed by atoms with Crippen LogP contribution in [0.1, 0.15) is 10.4 Å². The van der Waals surface area contributed by atoms with Crippen LogP contribution >= 0.6 is 11.6 Å². The van der Waals surface area contributed by atoms with Gasteiger partial charge >= 0.3 is 0 Å². The van der Waals surface area contributed by atoms with Crippen LogP contribution in [0.4, 0.5) is 0 Å². The molecule has 0 aliphatic heterocycles. The third kappa shape index (κ3) is 2.17. The standard InChI is InChI=1S/C10H12ClNO2/c1-12(2)10(13)8-6-7(11)4-5-9(8)14-3/h4-6H,1-3H3. The van der Waals surface area contributed by atoms with E-state index in [-0.39, 0.29) is 5.91 Å². The maximum absolute atomic E-state index is 11.7. The van der Waals surface area contributed by atoms with Crippen LogP contribution < -0.4 is 4.74 Å². The van der Waals surface area contributed by atoms with Gasteiger partial charge in [0, 0.05) is 19.1 Å². The van der Waals surface area contributed by atoms with Crippen LogP contribution in [0.5, 0.6) is 5.75 Å². The molecule has 0 spiro atoms. The van der Waals surface area contributed by atoms with Crippen molar-refractivity contribution in [3.8, 4) is 5.75 Å². The number of carbonyl (C=O) groups is 1. The molecule has 0 heterocycles. The summed E-state index contributed by atoms with van der Waals surface area (Å²) in [5.74, 6) is 0.414. The molecular formula is C10H12ClNO2. The van der Waals surface area contributed by atoms with Crippen molar-refractivity contribution in [2.75, 3.05) is 21.2 Å². The number of amides is 1. The summed E-state index contributed by atoms with van der Waals surface area (Å²) in [7, 11) is 4.89. The van der Waals surface area contributed by atoms with E-state index in [1.54, 1.807) is 32.3 Å². The molecule has 0 unspecified atom stereocenters. The van der Waals surface area contributed by atoms with Gasteiger partial charge in [-0.05, 0) is 18.2 Å². The summed E-state index contributed by atoms with van der Waals surface area (Å²) >= 11 is 5.80. The summed E-state index contributed by atoms with van der Waals surface area (Å²) in [5.41, 5.74) is 0.477. The number of rotatable bonds is 2. The fourth-order valence-electron chi connectivity index (χ4n) is 1.09. The lowest BCUT2D eigenvalue weighted by Crippen LogP contribution is -2.22. The zero-order valence-electron chi connectivity index (χ0n) is 8.37. The predicted molar refractivity (Wildman–Crippen MR) is 56.0 cm³/mol. The Labute approximate surface area is 88.2 Å². The first-order chi connectivity index (χ1) is 6.56. The SMILES string of the molecule is COc1ccc(Cl)cc1C(=O)N(C)C. The Bertz CT molecular complexity index is 350. The van der Waals surface area contributed by atoms with E-state index in [0.717, 1.165) is 0 Å². The van der Waals surface area contributed by atoms with Gasteiger partial charge in [0.2, 0.25) is 0 Å². The van der Waals surface area contributed by atoms with E-state index in [1.165, 1.54) is 12.0 Å². The molecule has 0 fully saturated rings. The molecule has 3 nitrogen and oxygen atoms in total. The van der Waals surface area contributed by atoms with Crippen LogP contribution in [-0.2, 0) is 0 Å². The molecule has 0 radical (unpaired) electrons. The average Bonchev–Trinajstić information content (AvgIpc) is 2.16. The second-order valence-electron chi connectivity index (χ2n) is 3.04. The highest BCUT2D eigenvalue weighted by Crippen LogP contribution is 2.23. The van der Waals surface area contributed by atoms with Gasteiger partial charge in [-0.1, -0.05) is 11.6 Å². The summed E-state index contributed by atoms with van der Waals surface area (Å²) in [6, 6.07) is 4.97. The maximum atomic E-state index is 11.7. The van der Waals surface area contributed by atoms with Crippen LogP contribution in [0, 0.1) is 0 Å². The minimum atomic E-state index is -0.121. The smallest absolute Gasteiger partial charge is 0.257 e. The van der Waals surface area contributed by atoms with Crippen LogP contribution in [0.3, 0.4) is 0 Å². The number of benzene rings is 1. The van der Waals surface area contributed by atoms with Crippen molar-refractivity contribution < 1.29 is 9.53 Å². The number of hydrogen-bond acceptors (Lipinski definition) is 2. The molecule has 0 bridgehead atoms. The van der Waals surface area contributed by atoms with E-state index >= 15 is 0 Å². The number of hydrogen-bond donors (Lipinski definition) is 0. The summed E-state index contributed by atoms with van der Waals surface area (Å²) in [4.78, 5) is 13.1. The van der Waals surface area contributed by atoms with E-state index in [4.69, 9.17) is 16.3 Å². The first-order valence-corrected chi connectivity index (χ1v) is 4.49. The van der Waals surface area contributed by atoms with E-state index < -0.39 is 0 Å². The summed E-state index contributed by atoms with van der Waals surface area (Å²) < 4.78 is 5.07. The first-order valence-electron chi connectivity index (χ1n) is 4.11. The highest BCUT2D eigenvalue weighted by molar-refractivity contribution is 6.31. The van der Waals surface area contributed by atoms with Crippen molar-refractivity contribution in [1.82, 2.24) is 4.90 Å². The highest BCUT2D eigenvalue weighted by atomic mass is 35.5. The van der Waals surface area contributed by atoms with Crippen molar-refractivity contribution in [1.29, 1.82) is 0 Å². The molecule has 1 rings (SSSR count). The third-order valence-corrected chi connectivity index (χ3v) is 2.03. The number of methoxy groups -OCH3 is 1. The monoisotopic (exact) mass is 213 g/mol. The minimum absolute atomic E-state index is 0.121. The van der Waals surface area contributed by atoms with Crippen molar-refractivity contribution in [3.05, 3.63) is 28.8 Å². The largest absolute Gasteiger partial charge is 0.496 e. The molecule has 1 aromatic carbocycles. The lowest BCUT2D eigenvalue weighted by atomic mass is 10.2. The van der Waals surface area contributed by atoms with E-state index in [9.17, 15) is 4.79 Å². The second-order valence-corrected chi connectivity index (χ2v) is 3.48. The molecule has 0 saturated carbocycles. The van der Waals surface area contributed by atoms with Gasteiger partial charge in [-0.25, -0.2) is 0 Å². The molecule has 76 valence electrons. The van der Waals surface area contributed by atoms with E-state index in [1.807, 2.05) is 0 Å². The Kier molecular flexibility index (Phi) is 3.36. The zero-order chi connectivity index (χ0) is 10.7. The molecule has 0 aromatic heterocycles. The lowest BCUT2D eigenvalue weighted by molar-refractivity contribution is 0.0824. The maximum Gasteiger partial charge on any atom is 0.257 e. The number of halogens is 1. The van der Waals surface area contributed by atoms with Gasteiger partial charge in [-0.15, -0.1) is 0 Å². The van der Waals surface area contributed by atoms with Crippen molar-refractivity contribution in [2.45, 2.75) is 0 Å². The van der Waals surface area contributed by atoms with Crippen molar-refractivity contribution in [3.63, 3.8) is 0 Å². The summed E-state index contributed by atoms with van der Waals surface area (Å²) in [6.07, 6.45) is 0. The zero-order valence-corrected chi connectivity index (χ0v) is 9.13. The summed E-state index contributed by atoms with van der Waals surface area (Å²) in [6.45, 7) is 0. The second kappa shape index (κ2) is 4.33. The molecule has 0 N–H and O–H groups in total. The van der Waals surface area contributed by atoms with Gasteiger partial charge in [0.15, 0.2) is 0 Å². The van der Waals surface area contributed by atoms with Gasteiger partial charge in [0.25, 0.3) is 5.91 Å². The highest BCUT2D eigenvalue weighted by Gasteiger charge is 2.14. The fourth-order valence-corrected chi connectivity index (χ4v) is 1.26. The molecule has 0 saturated heterocycles. The molecule has 0 aliphatic rings. The fraction of sp³-hybridized carbons (Fsp3) is 0.300. The quantitative estimate of drug-likeness (QED) is 0.753. The van der Waals surface area contributed by atoms with E-state index in [2.05, 4.69) is 0 Å².